The van der Waals surface area contributed by atoms with E-state index in [2.05, 4.69) is 17.4 Å². The molecule has 0 saturated carbocycles. The molecule has 27 heavy (non-hydrogen) atoms. The maximum atomic E-state index is 12.2. The Hall–Kier alpha value is -3.16. The van der Waals surface area contributed by atoms with Gasteiger partial charge < -0.3 is 19.5 Å². The fourth-order valence-electron chi connectivity index (χ4n) is 2.89. The predicted molar refractivity (Wildman–Crippen MR) is 97.1 cm³/mol. The molecular formula is C19H21N3O5. The van der Waals surface area contributed by atoms with Crippen LogP contribution in [-0.2, 0) is 25.5 Å². The topological polar surface area (TPSA) is 102 Å². The number of nitrogens with one attached hydrogen (secondary N) is 1. The van der Waals surface area contributed by atoms with Gasteiger partial charge in [0.2, 0.25) is 5.91 Å². The van der Waals surface area contributed by atoms with Gasteiger partial charge in [0.15, 0.2) is 12.4 Å². The number of benzene rings is 1. The van der Waals surface area contributed by atoms with Crippen molar-refractivity contribution in [3.8, 4) is 0 Å². The van der Waals surface area contributed by atoms with Crippen molar-refractivity contribution in [2.24, 2.45) is 5.92 Å². The highest BCUT2D eigenvalue weighted by Crippen LogP contribution is 2.26. The number of carbonyl (C=O) groups excluding carboxylic acids is 3. The molecule has 0 bridgehead atoms. The van der Waals surface area contributed by atoms with Crippen LogP contribution >= 0.6 is 0 Å². The number of rotatable bonds is 6. The number of nitrogens with zero attached hydrogens (tertiary/aromatic N) is 2. The lowest BCUT2D eigenvalue weighted by Crippen LogP contribution is -2.28. The molecule has 2 aromatic rings. The van der Waals surface area contributed by atoms with E-state index in [1.54, 1.807) is 17.9 Å². The summed E-state index contributed by atoms with van der Waals surface area (Å²) in [5, 5.41) is 6.09. The van der Waals surface area contributed by atoms with Crippen LogP contribution in [0.2, 0.25) is 0 Å². The van der Waals surface area contributed by atoms with E-state index >= 15 is 0 Å². The zero-order valence-corrected chi connectivity index (χ0v) is 15.2. The molecule has 2 amide bonds. The molecule has 0 unspecified atom stereocenters. The Kier molecular flexibility index (Phi) is 5.54. The monoisotopic (exact) mass is 371 g/mol. The molecule has 8 nitrogen and oxygen atoms in total. The van der Waals surface area contributed by atoms with Crippen molar-refractivity contribution in [3.63, 3.8) is 0 Å². The Morgan fingerprint density at radius 2 is 2.07 bits per heavy atom. The second-order valence-corrected chi connectivity index (χ2v) is 6.40. The van der Waals surface area contributed by atoms with Crippen molar-refractivity contribution < 1.29 is 23.6 Å². The van der Waals surface area contributed by atoms with Crippen LogP contribution in [0.15, 0.2) is 34.9 Å². The molecule has 1 aliphatic rings. The van der Waals surface area contributed by atoms with Crippen LogP contribution in [-0.4, -0.2) is 36.1 Å². The van der Waals surface area contributed by atoms with Gasteiger partial charge in [-0.15, -0.1) is 0 Å². The molecule has 0 spiro atoms. The summed E-state index contributed by atoms with van der Waals surface area (Å²) in [5.41, 5.74) is 1.93. The summed E-state index contributed by atoms with van der Waals surface area (Å²) in [6.07, 6.45) is 0.984. The van der Waals surface area contributed by atoms with Crippen LogP contribution in [0.4, 0.5) is 11.5 Å². The maximum Gasteiger partial charge on any atom is 0.311 e. The van der Waals surface area contributed by atoms with E-state index in [1.165, 1.54) is 5.56 Å². The number of carbonyl (C=O) groups is 3. The minimum Gasteiger partial charge on any atom is -0.455 e. The number of anilines is 2. The Balaban J connectivity index is 1.51. The van der Waals surface area contributed by atoms with Gasteiger partial charge in [0.05, 0.1) is 5.92 Å². The molecule has 142 valence electrons. The van der Waals surface area contributed by atoms with Gasteiger partial charge in [0.25, 0.3) is 5.91 Å². The Morgan fingerprint density at radius 3 is 2.70 bits per heavy atom. The standard InChI is InChI=1S/C19H21N3O5/c1-3-13-4-6-15(7-5-13)22-10-14(9-18(22)24)19(25)26-11-17(23)20-16-8-12(2)27-21-16/h4-8,14H,3,9-11H2,1-2H3,(H,20,21,23)/t14-/m0/s1. The third-order valence-corrected chi connectivity index (χ3v) is 4.36. The van der Waals surface area contributed by atoms with E-state index in [1.807, 2.05) is 24.3 Å². The lowest BCUT2D eigenvalue weighted by atomic mass is 10.1. The number of ether oxygens (including phenoxy) is 1. The Bertz CT molecular complexity index is 843. The van der Waals surface area contributed by atoms with Crippen molar-refractivity contribution >= 4 is 29.3 Å². The third-order valence-electron chi connectivity index (χ3n) is 4.36. The SMILES string of the molecule is CCc1ccc(N2C[C@@H](C(=O)OCC(=O)Nc3cc(C)on3)CC2=O)cc1. The minimum absolute atomic E-state index is 0.0679. The zero-order valence-electron chi connectivity index (χ0n) is 15.2. The first kappa shape index (κ1) is 18.6. The van der Waals surface area contributed by atoms with E-state index < -0.39 is 24.4 Å². The van der Waals surface area contributed by atoms with E-state index in [0.29, 0.717) is 5.76 Å². The smallest absolute Gasteiger partial charge is 0.311 e. The fraction of sp³-hybridized carbons (Fsp3) is 0.368. The van der Waals surface area contributed by atoms with E-state index in [4.69, 9.17) is 9.26 Å². The highest BCUT2D eigenvalue weighted by Gasteiger charge is 2.36. The predicted octanol–water partition coefficient (Wildman–Crippen LogP) is 2.08. The summed E-state index contributed by atoms with van der Waals surface area (Å²) in [7, 11) is 0. The minimum atomic E-state index is -0.592. The van der Waals surface area contributed by atoms with Gasteiger partial charge in [-0.2, -0.15) is 0 Å². The van der Waals surface area contributed by atoms with Crippen molar-refractivity contribution in [1.82, 2.24) is 5.16 Å². The lowest BCUT2D eigenvalue weighted by molar-refractivity contribution is -0.151. The zero-order chi connectivity index (χ0) is 19.4. The highest BCUT2D eigenvalue weighted by atomic mass is 16.5. The first-order chi connectivity index (χ1) is 13.0. The first-order valence-electron chi connectivity index (χ1n) is 8.75. The van der Waals surface area contributed by atoms with Crippen LogP contribution in [0.25, 0.3) is 0 Å². The van der Waals surface area contributed by atoms with Crippen LogP contribution in [0.5, 0.6) is 0 Å². The summed E-state index contributed by atoms with van der Waals surface area (Å²) in [6, 6.07) is 9.22. The number of aryl methyl sites for hydroxylation is 2. The van der Waals surface area contributed by atoms with E-state index in [0.717, 1.165) is 12.1 Å². The van der Waals surface area contributed by atoms with Gasteiger partial charge in [0.1, 0.15) is 5.76 Å². The van der Waals surface area contributed by atoms with Crippen molar-refractivity contribution in [2.45, 2.75) is 26.7 Å². The molecule has 1 atom stereocenters. The summed E-state index contributed by atoms with van der Waals surface area (Å²) < 4.78 is 9.88. The van der Waals surface area contributed by atoms with Crippen molar-refractivity contribution in [2.75, 3.05) is 23.4 Å². The summed E-state index contributed by atoms with van der Waals surface area (Å²) in [4.78, 5) is 37.8. The van der Waals surface area contributed by atoms with Crippen LogP contribution in [0, 0.1) is 12.8 Å². The van der Waals surface area contributed by atoms with E-state index in [9.17, 15) is 14.4 Å². The summed E-state index contributed by atoms with van der Waals surface area (Å²) >= 11 is 0. The van der Waals surface area contributed by atoms with Gasteiger partial charge >= 0.3 is 5.97 Å². The summed E-state index contributed by atoms with van der Waals surface area (Å²) in [6.45, 7) is 3.55. The van der Waals surface area contributed by atoms with Gasteiger partial charge in [0, 0.05) is 24.7 Å². The fourth-order valence-corrected chi connectivity index (χ4v) is 2.89. The third kappa shape index (κ3) is 4.52. The molecule has 0 radical (unpaired) electrons. The van der Waals surface area contributed by atoms with Gasteiger partial charge in [-0.1, -0.05) is 24.2 Å². The quantitative estimate of drug-likeness (QED) is 0.780. The largest absolute Gasteiger partial charge is 0.455 e. The van der Waals surface area contributed by atoms with E-state index in [-0.39, 0.29) is 24.7 Å². The number of esters is 1. The molecule has 0 aliphatic carbocycles. The van der Waals surface area contributed by atoms with Gasteiger partial charge in [-0.25, -0.2) is 0 Å². The second kappa shape index (κ2) is 8.03. The maximum absolute atomic E-state index is 12.2. The van der Waals surface area contributed by atoms with Crippen LogP contribution in [0.1, 0.15) is 24.7 Å². The van der Waals surface area contributed by atoms with Crippen molar-refractivity contribution in [3.05, 3.63) is 41.7 Å². The normalized spacial score (nSPS) is 16.4. The molecule has 3 rings (SSSR count). The molecule has 2 heterocycles. The highest BCUT2D eigenvalue weighted by molar-refractivity contribution is 6.00. The molecule has 1 aliphatic heterocycles. The average Bonchev–Trinajstić information content (AvgIpc) is 3.25. The molecule has 1 N–H and O–H groups in total. The van der Waals surface area contributed by atoms with Gasteiger partial charge in [-0.3, -0.25) is 14.4 Å². The first-order valence-corrected chi connectivity index (χ1v) is 8.75. The molecule has 1 aromatic carbocycles. The number of aromatic nitrogens is 1. The molecular weight excluding hydrogens is 350 g/mol. The molecule has 1 fully saturated rings. The number of amides is 2. The lowest BCUT2D eigenvalue weighted by Gasteiger charge is -2.17. The number of hydrogen-bond acceptors (Lipinski definition) is 6. The number of hydrogen-bond donors (Lipinski definition) is 1. The van der Waals surface area contributed by atoms with Crippen LogP contribution < -0.4 is 10.2 Å². The Morgan fingerprint density at radius 1 is 1.33 bits per heavy atom. The van der Waals surface area contributed by atoms with Gasteiger partial charge in [-0.05, 0) is 31.0 Å². The molecule has 1 aromatic heterocycles. The summed E-state index contributed by atoms with van der Waals surface area (Å²) in [5.74, 6) is -1.00. The Labute approximate surface area is 156 Å². The second-order valence-electron chi connectivity index (χ2n) is 6.40. The van der Waals surface area contributed by atoms with Crippen molar-refractivity contribution in [1.29, 1.82) is 0 Å². The molecule has 8 heteroatoms. The average molecular weight is 371 g/mol. The molecule has 1 saturated heterocycles. The van der Waals surface area contributed by atoms with Crippen LogP contribution in [0.3, 0.4) is 0 Å².